The van der Waals surface area contributed by atoms with Gasteiger partial charge in [-0.3, -0.25) is 9.59 Å². The minimum absolute atomic E-state index is 0.200. The summed E-state index contributed by atoms with van der Waals surface area (Å²) >= 11 is 12.3. The van der Waals surface area contributed by atoms with Gasteiger partial charge in [0.1, 0.15) is 17.5 Å². The van der Waals surface area contributed by atoms with Gasteiger partial charge < -0.3 is 19.7 Å². The minimum atomic E-state index is -0.786. The van der Waals surface area contributed by atoms with Crippen LogP contribution in [-0.4, -0.2) is 43.0 Å². The van der Waals surface area contributed by atoms with Crippen molar-refractivity contribution in [3.8, 4) is 11.5 Å². The van der Waals surface area contributed by atoms with E-state index in [1.54, 1.807) is 48.4 Å². The molecule has 0 heterocycles. The van der Waals surface area contributed by atoms with Gasteiger partial charge in [0.05, 0.1) is 12.1 Å². The first-order valence-corrected chi connectivity index (χ1v) is 14.0. The maximum absolute atomic E-state index is 13.7. The van der Waals surface area contributed by atoms with Crippen LogP contribution in [0.15, 0.2) is 103 Å². The molecule has 1 atom stereocenters. The van der Waals surface area contributed by atoms with E-state index < -0.39 is 6.04 Å². The number of rotatable bonds is 13. The maximum atomic E-state index is 13.7. The zero-order valence-electron chi connectivity index (χ0n) is 22.8. The number of amides is 2. The van der Waals surface area contributed by atoms with E-state index in [4.69, 9.17) is 32.7 Å². The third-order valence-electron chi connectivity index (χ3n) is 6.60. The lowest BCUT2D eigenvalue weighted by Crippen LogP contribution is -2.52. The molecule has 0 saturated heterocycles. The number of halogens is 2. The first-order valence-electron chi connectivity index (χ1n) is 13.3. The lowest BCUT2D eigenvalue weighted by atomic mass is 10.0. The Hall–Kier alpha value is -4.00. The summed E-state index contributed by atoms with van der Waals surface area (Å²) in [5, 5.41) is 4.04. The summed E-state index contributed by atoms with van der Waals surface area (Å²) in [7, 11) is 1.62. The standard InChI is InChI=1S/C33H32Cl2N2O4/c1-40-28-17-13-24(14-18-28)19-20-36-33(39)30(21-25-7-3-2-4-8-25)37(22-26-11-15-27(34)16-12-26)32(38)23-41-31-10-6-5-9-29(31)35/h2-18,30H,19-23H2,1H3,(H,36,39)/t30-/m1/s1. The van der Waals surface area contributed by atoms with E-state index in [1.165, 1.54) is 0 Å². The predicted octanol–water partition coefficient (Wildman–Crippen LogP) is 6.38. The number of methoxy groups -OCH3 is 1. The Morgan fingerprint density at radius 2 is 1.46 bits per heavy atom. The quantitative estimate of drug-likeness (QED) is 0.196. The lowest BCUT2D eigenvalue weighted by molar-refractivity contribution is -0.142. The molecule has 0 unspecified atom stereocenters. The first-order chi connectivity index (χ1) is 19.9. The fraction of sp³-hybridized carbons (Fsp3) is 0.212. The van der Waals surface area contributed by atoms with Gasteiger partial charge in [-0.15, -0.1) is 0 Å². The van der Waals surface area contributed by atoms with Crippen LogP contribution in [0.5, 0.6) is 11.5 Å². The molecule has 0 bridgehead atoms. The van der Waals surface area contributed by atoms with Gasteiger partial charge in [0, 0.05) is 24.5 Å². The van der Waals surface area contributed by atoms with Gasteiger partial charge in [-0.25, -0.2) is 0 Å². The summed E-state index contributed by atoms with van der Waals surface area (Å²) in [5.41, 5.74) is 2.83. The maximum Gasteiger partial charge on any atom is 0.261 e. The van der Waals surface area contributed by atoms with Gasteiger partial charge in [-0.1, -0.05) is 89.9 Å². The number of carbonyl (C=O) groups excluding carboxylic acids is 2. The molecule has 0 saturated carbocycles. The molecule has 0 aliphatic rings. The second-order valence-corrected chi connectivity index (χ2v) is 10.3. The smallest absolute Gasteiger partial charge is 0.261 e. The molecule has 41 heavy (non-hydrogen) atoms. The molecule has 1 N–H and O–H groups in total. The number of ether oxygens (including phenoxy) is 2. The summed E-state index contributed by atoms with van der Waals surface area (Å²) in [6.07, 6.45) is 0.967. The minimum Gasteiger partial charge on any atom is -0.497 e. The van der Waals surface area contributed by atoms with E-state index in [1.807, 2.05) is 66.7 Å². The molecule has 4 aromatic rings. The molecule has 0 radical (unpaired) electrons. The molecule has 8 heteroatoms. The zero-order valence-corrected chi connectivity index (χ0v) is 24.3. The Bertz CT molecular complexity index is 1410. The van der Waals surface area contributed by atoms with Crippen LogP contribution in [0.3, 0.4) is 0 Å². The van der Waals surface area contributed by atoms with Crippen LogP contribution in [0, 0.1) is 0 Å². The second kappa shape index (κ2) is 15.1. The highest BCUT2D eigenvalue weighted by Gasteiger charge is 2.30. The fourth-order valence-corrected chi connectivity index (χ4v) is 4.68. The SMILES string of the molecule is COc1ccc(CCNC(=O)[C@@H](Cc2ccccc2)N(Cc2ccc(Cl)cc2)C(=O)COc2ccccc2Cl)cc1. The number of hydrogen-bond acceptors (Lipinski definition) is 4. The van der Waals surface area contributed by atoms with Crippen molar-refractivity contribution in [2.24, 2.45) is 0 Å². The molecule has 0 aliphatic heterocycles. The molecular weight excluding hydrogens is 559 g/mol. The summed E-state index contributed by atoms with van der Waals surface area (Å²) < 4.78 is 11.0. The molecule has 2 amide bonds. The van der Waals surface area contributed by atoms with E-state index in [0.717, 1.165) is 22.4 Å². The topological polar surface area (TPSA) is 67.9 Å². The largest absolute Gasteiger partial charge is 0.497 e. The third kappa shape index (κ3) is 9.00. The van der Waals surface area contributed by atoms with Gasteiger partial charge in [0.2, 0.25) is 5.91 Å². The van der Waals surface area contributed by atoms with E-state index >= 15 is 0 Å². The highest BCUT2D eigenvalue weighted by Crippen LogP contribution is 2.24. The van der Waals surface area contributed by atoms with Crippen molar-refractivity contribution >= 4 is 35.0 Å². The van der Waals surface area contributed by atoms with Crippen molar-refractivity contribution in [1.82, 2.24) is 10.2 Å². The molecule has 0 spiro atoms. The molecule has 0 fully saturated rings. The number of para-hydroxylation sites is 1. The van der Waals surface area contributed by atoms with Crippen molar-refractivity contribution in [3.63, 3.8) is 0 Å². The summed E-state index contributed by atoms with van der Waals surface area (Å²) in [6, 6.07) is 30.8. The Balaban J connectivity index is 1.56. The molecule has 6 nitrogen and oxygen atoms in total. The van der Waals surface area contributed by atoms with Crippen molar-refractivity contribution in [2.75, 3.05) is 20.3 Å². The van der Waals surface area contributed by atoms with Crippen LogP contribution in [-0.2, 0) is 29.0 Å². The molecule has 4 rings (SSSR count). The second-order valence-electron chi connectivity index (χ2n) is 9.46. The third-order valence-corrected chi connectivity index (χ3v) is 7.16. The highest BCUT2D eigenvalue weighted by atomic mass is 35.5. The molecule has 0 aliphatic carbocycles. The first kappa shape index (κ1) is 30.0. The Morgan fingerprint density at radius 1 is 0.805 bits per heavy atom. The van der Waals surface area contributed by atoms with Crippen LogP contribution in [0.2, 0.25) is 10.0 Å². The number of nitrogens with zero attached hydrogens (tertiary/aromatic N) is 1. The van der Waals surface area contributed by atoms with E-state index in [9.17, 15) is 9.59 Å². The van der Waals surface area contributed by atoms with Gasteiger partial charge in [0.25, 0.3) is 5.91 Å². The summed E-state index contributed by atoms with van der Waals surface area (Å²) in [5.74, 6) is 0.585. The Kier molecular flexibility index (Phi) is 11.1. The number of carbonyl (C=O) groups is 2. The van der Waals surface area contributed by atoms with Crippen molar-refractivity contribution < 1.29 is 19.1 Å². The van der Waals surface area contributed by atoms with Crippen LogP contribution >= 0.6 is 23.2 Å². The molecular formula is C33H32Cl2N2O4. The monoisotopic (exact) mass is 590 g/mol. The van der Waals surface area contributed by atoms with Crippen molar-refractivity contribution in [2.45, 2.75) is 25.4 Å². The summed E-state index contributed by atoms with van der Waals surface area (Å²) in [4.78, 5) is 29.0. The van der Waals surface area contributed by atoms with Crippen LogP contribution < -0.4 is 14.8 Å². The van der Waals surface area contributed by atoms with E-state index in [2.05, 4.69) is 5.32 Å². The average molecular weight is 592 g/mol. The van der Waals surface area contributed by atoms with Crippen LogP contribution in [0.4, 0.5) is 0 Å². The van der Waals surface area contributed by atoms with Gasteiger partial charge >= 0.3 is 0 Å². The van der Waals surface area contributed by atoms with Gasteiger partial charge in [-0.2, -0.15) is 0 Å². The summed E-state index contributed by atoms with van der Waals surface area (Å²) in [6.45, 7) is 0.336. The fourth-order valence-electron chi connectivity index (χ4n) is 4.36. The van der Waals surface area contributed by atoms with Gasteiger partial charge in [0.15, 0.2) is 6.61 Å². The Labute approximate surface area is 250 Å². The molecule has 0 aromatic heterocycles. The average Bonchev–Trinajstić information content (AvgIpc) is 3.00. The van der Waals surface area contributed by atoms with E-state index in [-0.39, 0.29) is 25.0 Å². The van der Waals surface area contributed by atoms with Crippen molar-refractivity contribution in [1.29, 1.82) is 0 Å². The number of hydrogen-bond donors (Lipinski definition) is 1. The van der Waals surface area contributed by atoms with Gasteiger partial charge in [-0.05, 0) is 59.5 Å². The van der Waals surface area contributed by atoms with Crippen LogP contribution in [0.1, 0.15) is 16.7 Å². The number of nitrogens with one attached hydrogen (secondary N) is 1. The predicted molar refractivity (Wildman–Crippen MR) is 163 cm³/mol. The highest BCUT2D eigenvalue weighted by molar-refractivity contribution is 6.32. The van der Waals surface area contributed by atoms with Crippen molar-refractivity contribution in [3.05, 3.63) is 130 Å². The molecule has 212 valence electrons. The zero-order chi connectivity index (χ0) is 29.0. The normalized spacial score (nSPS) is 11.4. The molecule has 4 aromatic carbocycles. The lowest BCUT2D eigenvalue weighted by Gasteiger charge is -2.31. The van der Waals surface area contributed by atoms with E-state index in [0.29, 0.717) is 35.2 Å². The Morgan fingerprint density at radius 3 is 2.15 bits per heavy atom. The number of benzene rings is 4. The van der Waals surface area contributed by atoms with Crippen LogP contribution in [0.25, 0.3) is 0 Å².